The van der Waals surface area contributed by atoms with Gasteiger partial charge in [-0.05, 0) is 48.0 Å². The summed E-state index contributed by atoms with van der Waals surface area (Å²) in [6.45, 7) is 0.582. The van der Waals surface area contributed by atoms with E-state index in [9.17, 15) is 9.90 Å². The summed E-state index contributed by atoms with van der Waals surface area (Å²) < 4.78 is 18.4. The second-order valence-electron chi connectivity index (χ2n) is 7.62. The van der Waals surface area contributed by atoms with E-state index in [4.69, 9.17) is 25.8 Å². The van der Waals surface area contributed by atoms with Gasteiger partial charge in [0, 0.05) is 34.8 Å². The number of hydrazone groups is 1. The molecule has 2 N–H and O–H groups in total. The number of methoxy groups -OCH3 is 3. The van der Waals surface area contributed by atoms with Crippen molar-refractivity contribution in [3.63, 3.8) is 0 Å². The molecular weight excluding hydrogens is 470 g/mol. The maximum absolute atomic E-state index is 12.3. The highest BCUT2D eigenvalue weighted by molar-refractivity contribution is 6.32. The third-order valence-corrected chi connectivity index (χ3v) is 5.81. The van der Waals surface area contributed by atoms with Crippen LogP contribution in [0.1, 0.15) is 21.5 Å². The number of aromatic hydroxyl groups is 1. The molecule has 0 atom stereocenters. The first kappa shape index (κ1) is 24.0. The number of hydrogen-bond donors (Lipinski definition) is 2. The van der Waals surface area contributed by atoms with E-state index in [1.54, 1.807) is 27.5 Å². The van der Waals surface area contributed by atoms with Crippen molar-refractivity contribution in [2.75, 3.05) is 21.3 Å². The van der Waals surface area contributed by atoms with Crippen molar-refractivity contribution in [2.45, 2.75) is 6.54 Å². The first-order valence-corrected chi connectivity index (χ1v) is 11.0. The van der Waals surface area contributed by atoms with Crippen LogP contribution in [0, 0.1) is 0 Å². The molecule has 0 aliphatic carbocycles. The number of carbonyl (C=O) groups excluding carboxylic acids is 1. The summed E-state index contributed by atoms with van der Waals surface area (Å²) in [6.07, 6.45) is 3.58. The molecule has 1 amide bonds. The van der Waals surface area contributed by atoms with Crippen molar-refractivity contribution in [3.05, 3.63) is 82.5 Å². The normalized spacial score (nSPS) is 11.1. The SMILES string of the molecule is COc1cc(Cn2ccc3c(/C=N/NC(=O)c4ccc(O)c(Cl)c4)cccc32)cc(OC)c1OC. The fraction of sp³-hybridized carbons (Fsp3) is 0.154. The number of aromatic nitrogens is 1. The Morgan fingerprint density at radius 2 is 1.80 bits per heavy atom. The Morgan fingerprint density at radius 3 is 2.46 bits per heavy atom. The first-order valence-electron chi connectivity index (χ1n) is 10.6. The molecule has 1 aromatic heterocycles. The summed E-state index contributed by atoms with van der Waals surface area (Å²) in [6, 6.07) is 15.9. The van der Waals surface area contributed by atoms with Gasteiger partial charge < -0.3 is 23.9 Å². The third kappa shape index (κ3) is 5.02. The Bertz CT molecular complexity index is 1390. The summed E-state index contributed by atoms with van der Waals surface area (Å²) in [7, 11) is 4.75. The maximum Gasteiger partial charge on any atom is 0.271 e. The Labute approximate surface area is 207 Å². The molecule has 0 saturated carbocycles. The van der Waals surface area contributed by atoms with Crippen LogP contribution < -0.4 is 19.6 Å². The fourth-order valence-electron chi connectivity index (χ4n) is 3.79. The summed E-state index contributed by atoms with van der Waals surface area (Å²) in [4.78, 5) is 12.3. The number of benzene rings is 3. The lowest BCUT2D eigenvalue weighted by atomic mass is 10.1. The Balaban J connectivity index is 1.56. The lowest BCUT2D eigenvalue weighted by Crippen LogP contribution is -2.17. The van der Waals surface area contributed by atoms with Crippen molar-refractivity contribution >= 4 is 34.6 Å². The summed E-state index contributed by atoms with van der Waals surface area (Å²) in [5, 5.41) is 14.7. The molecule has 1 heterocycles. The van der Waals surface area contributed by atoms with E-state index in [1.807, 2.05) is 42.6 Å². The van der Waals surface area contributed by atoms with E-state index in [1.165, 1.54) is 18.2 Å². The predicted octanol–water partition coefficient (Wildman–Crippen LogP) is 4.84. The number of hydrogen-bond acceptors (Lipinski definition) is 6. The number of nitrogens with one attached hydrogen (secondary N) is 1. The second-order valence-corrected chi connectivity index (χ2v) is 8.03. The van der Waals surface area contributed by atoms with E-state index in [0.29, 0.717) is 29.4 Å². The Morgan fingerprint density at radius 1 is 1.06 bits per heavy atom. The van der Waals surface area contributed by atoms with Crippen molar-refractivity contribution in [1.82, 2.24) is 9.99 Å². The Hall–Kier alpha value is -4.17. The van der Waals surface area contributed by atoms with Gasteiger partial charge in [-0.2, -0.15) is 5.10 Å². The first-order chi connectivity index (χ1) is 16.9. The van der Waals surface area contributed by atoms with Crippen LogP contribution in [0.4, 0.5) is 0 Å². The molecule has 9 heteroatoms. The van der Waals surface area contributed by atoms with Gasteiger partial charge in [-0.3, -0.25) is 4.79 Å². The predicted molar refractivity (Wildman–Crippen MR) is 135 cm³/mol. The lowest BCUT2D eigenvalue weighted by molar-refractivity contribution is 0.0955. The van der Waals surface area contributed by atoms with Gasteiger partial charge in [-0.25, -0.2) is 5.43 Å². The standard InChI is InChI=1S/C26H24ClN3O5/c1-33-23-11-16(12-24(34-2)25(23)35-3)15-30-10-9-19-18(5-4-6-21(19)30)14-28-29-26(32)17-7-8-22(31)20(27)13-17/h4-14,31H,15H2,1-3H3,(H,29,32)/b28-14+. The molecule has 0 bridgehead atoms. The zero-order valence-corrected chi connectivity index (χ0v) is 20.2. The van der Waals surface area contributed by atoms with Crippen molar-refractivity contribution in [1.29, 1.82) is 0 Å². The number of phenols is 1. The van der Waals surface area contributed by atoms with Crippen LogP contribution in [0.5, 0.6) is 23.0 Å². The molecule has 0 radical (unpaired) electrons. The lowest BCUT2D eigenvalue weighted by Gasteiger charge is -2.15. The highest BCUT2D eigenvalue weighted by atomic mass is 35.5. The second kappa shape index (κ2) is 10.4. The average molecular weight is 494 g/mol. The van der Waals surface area contributed by atoms with Crippen molar-refractivity contribution in [2.24, 2.45) is 5.10 Å². The van der Waals surface area contributed by atoms with Crippen LogP contribution in [-0.2, 0) is 6.54 Å². The molecule has 0 spiro atoms. The quantitative estimate of drug-likeness (QED) is 0.270. The zero-order chi connectivity index (χ0) is 24.9. The monoisotopic (exact) mass is 493 g/mol. The molecular formula is C26H24ClN3O5. The molecule has 0 saturated heterocycles. The zero-order valence-electron chi connectivity index (χ0n) is 19.4. The highest BCUT2D eigenvalue weighted by Crippen LogP contribution is 2.38. The summed E-state index contributed by atoms with van der Waals surface area (Å²) in [5.74, 6) is 1.21. The molecule has 4 aromatic rings. The molecule has 0 fully saturated rings. The minimum Gasteiger partial charge on any atom is -0.506 e. The smallest absolute Gasteiger partial charge is 0.271 e. The van der Waals surface area contributed by atoms with Gasteiger partial charge in [0.05, 0.1) is 32.6 Å². The minimum absolute atomic E-state index is 0.0885. The van der Waals surface area contributed by atoms with Crippen LogP contribution in [0.2, 0.25) is 5.02 Å². The Kier molecular flexibility index (Phi) is 7.12. The van der Waals surface area contributed by atoms with Crippen LogP contribution in [0.3, 0.4) is 0 Å². The van der Waals surface area contributed by atoms with Crippen molar-refractivity contribution in [3.8, 4) is 23.0 Å². The largest absolute Gasteiger partial charge is 0.506 e. The minimum atomic E-state index is -0.435. The fourth-order valence-corrected chi connectivity index (χ4v) is 3.97. The van der Waals surface area contributed by atoms with Crippen molar-refractivity contribution < 1.29 is 24.1 Å². The summed E-state index contributed by atoms with van der Waals surface area (Å²) in [5.41, 5.74) is 5.60. The van der Waals surface area contributed by atoms with E-state index in [0.717, 1.165) is 22.0 Å². The molecule has 180 valence electrons. The highest BCUT2D eigenvalue weighted by Gasteiger charge is 2.14. The maximum atomic E-state index is 12.3. The number of rotatable bonds is 8. The van der Waals surface area contributed by atoms with Gasteiger partial charge >= 0.3 is 0 Å². The molecule has 0 unspecified atom stereocenters. The number of halogens is 1. The van der Waals surface area contributed by atoms with E-state index in [-0.39, 0.29) is 10.8 Å². The number of nitrogens with zero attached hydrogens (tertiary/aromatic N) is 2. The third-order valence-electron chi connectivity index (χ3n) is 5.50. The number of phenolic OH excluding ortho intramolecular Hbond substituents is 1. The topological polar surface area (TPSA) is 94.3 Å². The molecule has 35 heavy (non-hydrogen) atoms. The van der Waals surface area contributed by atoms with Gasteiger partial charge in [0.25, 0.3) is 5.91 Å². The molecule has 0 aliphatic rings. The van der Waals surface area contributed by atoms with Crippen LogP contribution in [0.15, 0.2) is 65.9 Å². The van der Waals surface area contributed by atoms with Crippen LogP contribution >= 0.6 is 11.6 Å². The van der Waals surface area contributed by atoms with Crippen LogP contribution in [0.25, 0.3) is 10.9 Å². The number of ether oxygens (including phenoxy) is 3. The number of carbonyl (C=O) groups is 1. The van der Waals surface area contributed by atoms with Gasteiger partial charge in [-0.1, -0.05) is 23.7 Å². The van der Waals surface area contributed by atoms with E-state index in [2.05, 4.69) is 15.1 Å². The summed E-state index contributed by atoms with van der Waals surface area (Å²) >= 11 is 5.87. The van der Waals surface area contributed by atoms with Gasteiger partial charge in [0.1, 0.15) is 5.75 Å². The van der Waals surface area contributed by atoms with E-state index >= 15 is 0 Å². The number of amides is 1. The van der Waals surface area contributed by atoms with E-state index < -0.39 is 5.91 Å². The molecule has 8 nitrogen and oxygen atoms in total. The van der Waals surface area contributed by atoms with Gasteiger partial charge in [0.2, 0.25) is 5.75 Å². The van der Waals surface area contributed by atoms with Crippen LogP contribution in [-0.4, -0.2) is 43.1 Å². The number of fused-ring (bicyclic) bond motifs is 1. The molecule has 3 aromatic carbocycles. The molecule has 4 rings (SSSR count). The average Bonchev–Trinajstić information content (AvgIpc) is 3.28. The van der Waals surface area contributed by atoms with Gasteiger partial charge in [-0.15, -0.1) is 0 Å². The molecule has 0 aliphatic heterocycles. The van der Waals surface area contributed by atoms with Gasteiger partial charge in [0.15, 0.2) is 11.5 Å².